The predicted octanol–water partition coefficient (Wildman–Crippen LogP) is 6.35. The van der Waals surface area contributed by atoms with Gasteiger partial charge in [0.05, 0.1) is 26.9 Å². The van der Waals surface area contributed by atoms with Crippen LogP contribution in [0, 0.1) is 0 Å². The first kappa shape index (κ1) is 25.2. The van der Waals surface area contributed by atoms with Crippen molar-refractivity contribution in [3.05, 3.63) is 103 Å². The molecule has 1 saturated heterocycles. The number of amidine groups is 1. The molecular formula is C26H20Br2N2O4S. The molecule has 4 rings (SSSR count). The van der Waals surface area contributed by atoms with Crippen molar-refractivity contribution in [3.8, 4) is 5.75 Å². The number of carbonyl (C=O) groups is 2. The normalized spacial score (nSPS) is 15.7. The number of halogens is 2. The Kier molecular flexibility index (Phi) is 8.43. The summed E-state index contributed by atoms with van der Waals surface area (Å²) in [4.78, 5) is 31.2. The van der Waals surface area contributed by atoms with Gasteiger partial charge in [0.25, 0.3) is 5.91 Å². The number of aliphatic carboxylic acids is 1. The van der Waals surface area contributed by atoms with Gasteiger partial charge in [0.2, 0.25) is 0 Å². The van der Waals surface area contributed by atoms with Crippen molar-refractivity contribution >= 4 is 66.7 Å². The Balaban J connectivity index is 1.62. The number of benzene rings is 3. The molecule has 0 saturated carbocycles. The first-order chi connectivity index (χ1) is 16.9. The molecule has 0 aromatic heterocycles. The maximum absolute atomic E-state index is 13.4. The number of hydrogen-bond acceptors (Lipinski definition) is 5. The van der Waals surface area contributed by atoms with Crippen molar-refractivity contribution in [2.45, 2.75) is 13.1 Å². The largest absolute Gasteiger partial charge is 0.480 e. The highest BCUT2D eigenvalue weighted by atomic mass is 79.9. The molecule has 1 fully saturated rings. The standard InChI is InChI=1S/C26H20Br2N2O4S/c27-20-11-19(12-21(28)24(20)34-16-23(31)32)13-22-25(33)30(15-18-9-5-2-6-10-18)26(35-22)29-14-17-7-3-1-4-8-17/h1-13H,14-16H2,(H,31,32)/b22-13+,29-26?. The van der Waals surface area contributed by atoms with E-state index in [4.69, 9.17) is 14.8 Å². The minimum atomic E-state index is -1.07. The minimum Gasteiger partial charge on any atom is -0.480 e. The summed E-state index contributed by atoms with van der Waals surface area (Å²) in [5.41, 5.74) is 2.83. The highest BCUT2D eigenvalue weighted by Gasteiger charge is 2.33. The van der Waals surface area contributed by atoms with Crippen LogP contribution in [0.15, 0.2) is 91.6 Å². The van der Waals surface area contributed by atoms with Crippen LogP contribution < -0.4 is 4.74 Å². The Morgan fingerprint density at radius 3 is 2.20 bits per heavy atom. The predicted molar refractivity (Wildman–Crippen MR) is 145 cm³/mol. The van der Waals surface area contributed by atoms with Crippen LogP contribution in [0.25, 0.3) is 6.08 Å². The van der Waals surface area contributed by atoms with Crippen molar-refractivity contribution in [1.29, 1.82) is 0 Å². The molecule has 0 spiro atoms. The fraction of sp³-hybridized carbons (Fsp3) is 0.115. The minimum absolute atomic E-state index is 0.121. The third kappa shape index (κ3) is 6.62. The number of aliphatic imine (C=N–C) groups is 1. The molecular weight excluding hydrogens is 596 g/mol. The van der Waals surface area contributed by atoms with Gasteiger partial charge in [0.15, 0.2) is 11.8 Å². The van der Waals surface area contributed by atoms with Gasteiger partial charge < -0.3 is 9.84 Å². The van der Waals surface area contributed by atoms with Crippen LogP contribution in [0.4, 0.5) is 0 Å². The summed E-state index contributed by atoms with van der Waals surface area (Å²) < 4.78 is 6.49. The van der Waals surface area contributed by atoms with Gasteiger partial charge in [0, 0.05) is 0 Å². The van der Waals surface area contributed by atoms with E-state index in [-0.39, 0.29) is 5.91 Å². The summed E-state index contributed by atoms with van der Waals surface area (Å²) in [6.07, 6.45) is 1.80. The Morgan fingerprint density at radius 1 is 1.00 bits per heavy atom. The van der Waals surface area contributed by atoms with E-state index >= 15 is 0 Å². The van der Waals surface area contributed by atoms with E-state index in [1.165, 1.54) is 11.8 Å². The molecule has 0 bridgehead atoms. The third-order valence-corrected chi connectivity index (χ3v) is 7.19. The maximum atomic E-state index is 13.4. The lowest BCUT2D eigenvalue weighted by molar-refractivity contribution is -0.139. The molecule has 0 radical (unpaired) electrons. The zero-order valence-corrected chi connectivity index (χ0v) is 22.3. The molecule has 1 heterocycles. The monoisotopic (exact) mass is 614 g/mol. The number of carbonyl (C=O) groups excluding carboxylic acids is 1. The number of nitrogens with zero attached hydrogens (tertiary/aromatic N) is 2. The van der Waals surface area contributed by atoms with Gasteiger partial charge in [0.1, 0.15) is 5.75 Å². The lowest BCUT2D eigenvalue weighted by Crippen LogP contribution is -2.28. The van der Waals surface area contributed by atoms with Gasteiger partial charge in [-0.1, -0.05) is 60.7 Å². The number of ether oxygens (including phenoxy) is 1. The van der Waals surface area contributed by atoms with Gasteiger partial charge >= 0.3 is 5.97 Å². The van der Waals surface area contributed by atoms with Gasteiger partial charge in [-0.3, -0.25) is 14.7 Å². The van der Waals surface area contributed by atoms with Crippen LogP contribution in [0.5, 0.6) is 5.75 Å². The first-order valence-corrected chi connectivity index (χ1v) is 13.0. The smallest absolute Gasteiger partial charge is 0.341 e. The lowest BCUT2D eigenvalue weighted by atomic mass is 10.2. The Labute approximate surface area is 224 Å². The fourth-order valence-corrected chi connectivity index (χ4v) is 5.79. The number of thioether (sulfide) groups is 1. The molecule has 0 unspecified atom stereocenters. The van der Waals surface area contributed by atoms with E-state index < -0.39 is 12.6 Å². The molecule has 35 heavy (non-hydrogen) atoms. The molecule has 9 heteroatoms. The van der Waals surface area contributed by atoms with Crippen molar-refractivity contribution in [3.63, 3.8) is 0 Å². The van der Waals surface area contributed by atoms with E-state index in [9.17, 15) is 9.59 Å². The third-order valence-electron chi connectivity index (χ3n) is 4.97. The molecule has 1 aliphatic heterocycles. The average Bonchev–Trinajstić information content (AvgIpc) is 3.12. The summed E-state index contributed by atoms with van der Waals surface area (Å²) in [5, 5.41) is 9.53. The Morgan fingerprint density at radius 2 is 1.60 bits per heavy atom. The second kappa shape index (κ2) is 11.7. The molecule has 1 N–H and O–H groups in total. The first-order valence-electron chi connectivity index (χ1n) is 10.6. The second-order valence-corrected chi connectivity index (χ2v) is 10.3. The van der Waals surface area contributed by atoms with Gasteiger partial charge in [-0.05, 0) is 78.5 Å². The van der Waals surface area contributed by atoms with Gasteiger partial charge in [-0.25, -0.2) is 4.79 Å². The number of hydrogen-bond donors (Lipinski definition) is 1. The van der Waals surface area contributed by atoms with E-state index in [0.29, 0.717) is 37.9 Å². The van der Waals surface area contributed by atoms with E-state index in [0.717, 1.165) is 16.7 Å². The summed E-state index contributed by atoms with van der Waals surface area (Å²) in [6, 6.07) is 23.3. The molecule has 1 aliphatic rings. The highest BCUT2D eigenvalue weighted by Crippen LogP contribution is 2.38. The molecule has 1 amide bonds. The fourth-order valence-electron chi connectivity index (χ4n) is 3.36. The van der Waals surface area contributed by atoms with Crippen LogP contribution in [0.3, 0.4) is 0 Å². The molecule has 6 nitrogen and oxygen atoms in total. The van der Waals surface area contributed by atoms with Crippen molar-refractivity contribution in [2.24, 2.45) is 4.99 Å². The van der Waals surface area contributed by atoms with E-state index in [1.54, 1.807) is 23.1 Å². The van der Waals surface area contributed by atoms with Crippen LogP contribution >= 0.6 is 43.6 Å². The van der Waals surface area contributed by atoms with Crippen LogP contribution in [0.1, 0.15) is 16.7 Å². The SMILES string of the molecule is O=C(O)COc1c(Br)cc(/C=C2/SC(=NCc3ccccc3)N(Cc3ccccc3)C2=O)cc1Br. The zero-order valence-electron chi connectivity index (χ0n) is 18.4. The van der Waals surface area contributed by atoms with Gasteiger partial charge in [-0.2, -0.15) is 0 Å². The molecule has 0 aliphatic carbocycles. The highest BCUT2D eigenvalue weighted by molar-refractivity contribution is 9.11. The molecule has 178 valence electrons. The van der Waals surface area contributed by atoms with Gasteiger partial charge in [-0.15, -0.1) is 0 Å². The lowest BCUT2D eigenvalue weighted by Gasteiger charge is -2.15. The van der Waals surface area contributed by atoms with Crippen molar-refractivity contribution < 1.29 is 19.4 Å². The van der Waals surface area contributed by atoms with Crippen LogP contribution in [-0.2, 0) is 22.7 Å². The summed E-state index contributed by atoms with van der Waals surface area (Å²) >= 11 is 8.19. The second-order valence-electron chi connectivity index (χ2n) is 7.57. The van der Waals surface area contributed by atoms with Crippen LogP contribution in [-0.4, -0.2) is 33.7 Å². The molecule has 3 aromatic rings. The number of carboxylic acids is 1. The quantitative estimate of drug-likeness (QED) is 0.299. The average molecular weight is 616 g/mol. The van der Waals surface area contributed by atoms with Crippen LogP contribution in [0.2, 0.25) is 0 Å². The summed E-state index contributed by atoms with van der Waals surface area (Å²) in [5.74, 6) is -0.802. The maximum Gasteiger partial charge on any atom is 0.341 e. The molecule has 3 aromatic carbocycles. The van der Waals surface area contributed by atoms with Crippen molar-refractivity contribution in [1.82, 2.24) is 4.90 Å². The summed E-state index contributed by atoms with van der Waals surface area (Å²) in [6.45, 7) is 0.441. The van der Waals surface area contributed by atoms with E-state index in [1.807, 2.05) is 60.7 Å². The topological polar surface area (TPSA) is 79.2 Å². The number of rotatable bonds is 8. The summed E-state index contributed by atoms with van der Waals surface area (Å²) in [7, 11) is 0. The number of amides is 1. The van der Waals surface area contributed by atoms with E-state index in [2.05, 4.69) is 31.9 Å². The zero-order chi connectivity index (χ0) is 24.8. The Bertz CT molecular complexity index is 1270. The molecule has 0 atom stereocenters. The number of carboxylic acid groups (broad SMARTS) is 1. The Hall–Kier alpha value is -2.88. The van der Waals surface area contributed by atoms with Crippen molar-refractivity contribution in [2.75, 3.05) is 6.61 Å².